The molecule has 0 saturated heterocycles. The van der Waals surface area contributed by atoms with Crippen LogP contribution in [0.1, 0.15) is 10.4 Å². The van der Waals surface area contributed by atoms with Gasteiger partial charge in [-0.05, 0) is 36.0 Å². The van der Waals surface area contributed by atoms with Gasteiger partial charge in [-0.25, -0.2) is 9.50 Å². The van der Waals surface area contributed by atoms with E-state index in [0.29, 0.717) is 5.56 Å². The number of hydrogen-bond donors (Lipinski definition) is 1. The summed E-state index contributed by atoms with van der Waals surface area (Å²) in [4.78, 5) is 18.0. The fraction of sp³-hybridized carbons (Fsp3) is 0.0556. The second kappa shape index (κ2) is 6.45. The van der Waals surface area contributed by atoms with Crippen LogP contribution in [0.2, 0.25) is 0 Å². The minimum absolute atomic E-state index is 0.186. The Morgan fingerprint density at radius 1 is 1.12 bits per heavy atom. The van der Waals surface area contributed by atoms with Crippen molar-refractivity contribution in [3.63, 3.8) is 0 Å². The van der Waals surface area contributed by atoms with E-state index in [2.05, 4.69) is 15.4 Å². The Morgan fingerprint density at radius 3 is 2.80 bits per heavy atom. The molecule has 6 nitrogen and oxygen atoms in total. The molecule has 0 radical (unpaired) electrons. The number of benzene rings is 1. The summed E-state index contributed by atoms with van der Waals surface area (Å²) < 4.78 is 3.62. The molecule has 4 rings (SSSR count). The molecule has 1 aromatic carbocycles. The zero-order valence-corrected chi connectivity index (χ0v) is 14.3. The number of pyridine rings is 1. The van der Waals surface area contributed by atoms with Crippen LogP contribution in [0.5, 0.6) is 0 Å². The number of aryl methyl sites for hydroxylation is 1. The van der Waals surface area contributed by atoms with E-state index in [1.807, 2.05) is 66.5 Å². The van der Waals surface area contributed by atoms with Crippen molar-refractivity contribution in [2.75, 3.05) is 5.32 Å². The Labute approximate surface area is 148 Å². The van der Waals surface area contributed by atoms with Gasteiger partial charge in [0.15, 0.2) is 5.16 Å². The van der Waals surface area contributed by atoms with Gasteiger partial charge in [-0.15, -0.1) is 0 Å². The zero-order valence-electron chi connectivity index (χ0n) is 13.5. The summed E-state index contributed by atoms with van der Waals surface area (Å²) in [6.45, 7) is 0. The first-order valence-electron chi connectivity index (χ1n) is 7.70. The second-order valence-electron chi connectivity index (χ2n) is 5.46. The zero-order chi connectivity index (χ0) is 17.2. The number of nitrogens with one attached hydrogen (secondary N) is 1. The average Bonchev–Trinajstić information content (AvgIpc) is 3.23. The van der Waals surface area contributed by atoms with E-state index in [1.165, 1.54) is 11.8 Å². The number of hydrogen-bond acceptors (Lipinski definition) is 4. The van der Waals surface area contributed by atoms with E-state index in [-0.39, 0.29) is 5.91 Å². The fourth-order valence-electron chi connectivity index (χ4n) is 2.51. The maximum atomic E-state index is 12.7. The van der Waals surface area contributed by atoms with Crippen molar-refractivity contribution in [2.45, 2.75) is 10.1 Å². The van der Waals surface area contributed by atoms with E-state index >= 15 is 0 Å². The number of rotatable bonds is 4. The van der Waals surface area contributed by atoms with Crippen LogP contribution in [0.15, 0.2) is 77.3 Å². The number of imidazole rings is 1. The monoisotopic (exact) mass is 349 g/mol. The molecule has 1 amide bonds. The summed E-state index contributed by atoms with van der Waals surface area (Å²) in [5, 5.41) is 8.06. The molecule has 0 aliphatic heterocycles. The van der Waals surface area contributed by atoms with E-state index < -0.39 is 0 Å². The first-order valence-corrected chi connectivity index (χ1v) is 8.52. The lowest BCUT2D eigenvalue weighted by Crippen LogP contribution is -2.12. The van der Waals surface area contributed by atoms with Crippen molar-refractivity contribution in [1.82, 2.24) is 19.2 Å². The Balaban J connectivity index is 1.62. The number of carbonyl (C=O) groups excluding carboxylic acids is 1. The van der Waals surface area contributed by atoms with Gasteiger partial charge in [0.2, 0.25) is 0 Å². The van der Waals surface area contributed by atoms with E-state index in [0.717, 1.165) is 21.3 Å². The van der Waals surface area contributed by atoms with Crippen LogP contribution in [-0.2, 0) is 7.05 Å². The van der Waals surface area contributed by atoms with Gasteiger partial charge in [-0.2, -0.15) is 5.10 Å². The maximum absolute atomic E-state index is 12.7. The summed E-state index contributed by atoms with van der Waals surface area (Å²) in [6.07, 6.45) is 7.04. The summed E-state index contributed by atoms with van der Waals surface area (Å²) in [5.41, 5.74) is 2.06. The quantitative estimate of drug-likeness (QED) is 0.613. The molecule has 0 bridgehead atoms. The third-order valence-corrected chi connectivity index (χ3v) is 4.94. The molecule has 0 aliphatic rings. The normalized spacial score (nSPS) is 10.9. The minimum atomic E-state index is -0.186. The molecule has 1 N–H and O–H groups in total. The van der Waals surface area contributed by atoms with Crippen LogP contribution in [0.25, 0.3) is 5.52 Å². The Hall–Kier alpha value is -3.06. The molecule has 3 heterocycles. The van der Waals surface area contributed by atoms with Gasteiger partial charge in [0.05, 0.1) is 23.0 Å². The van der Waals surface area contributed by atoms with Gasteiger partial charge >= 0.3 is 0 Å². The highest BCUT2D eigenvalue weighted by Crippen LogP contribution is 2.32. The lowest BCUT2D eigenvalue weighted by atomic mass is 10.2. The first kappa shape index (κ1) is 15.5. The Bertz CT molecular complexity index is 1050. The Kier molecular flexibility index (Phi) is 3.99. The number of para-hydroxylation sites is 1. The SMILES string of the molecule is Cn1ccnc1Sc1ccccc1NC(=O)c1cnn2ccccc12. The van der Waals surface area contributed by atoms with Crippen molar-refractivity contribution < 1.29 is 4.79 Å². The van der Waals surface area contributed by atoms with E-state index in [9.17, 15) is 4.79 Å². The number of aromatic nitrogens is 4. The smallest absolute Gasteiger partial charge is 0.259 e. The molecule has 4 aromatic rings. The highest BCUT2D eigenvalue weighted by atomic mass is 32.2. The minimum Gasteiger partial charge on any atom is -0.329 e. The first-order chi connectivity index (χ1) is 12.2. The number of carbonyl (C=O) groups is 1. The van der Waals surface area contributed by atoms with E-state index in [1.54, 1.807) is 16.9 Å². The summed E-state index contributed by atoms with van der Waals surface area (Å²) in [6, 6.07) is 13.3. The lowest BCUT2D eigenvalue weighted by Gasteiger charge is -2.10. The summed E-state index contributed by atoms with van der Waals surface area (Å²) in [5.74, 6) is -0.186. The predicted octanol–water partition coefficient (Wildman–Crippen LogP) is 3.47. The van der Waals surface area contributed by atoms with Gasteiger partial charge in [0.25, 0.3) is 5.91 Å². The van der Waals surface area contributed by atoms with Gasteiger partial charge < -0.3 is 9.88 Å². The molecule has 0 saturated carbocycles. The predicted molar refractivity (Wildman–Crippen MR) is 96.9 cm³/mol. The van der Waals surface area contributed by atoms with Crippen LogP contribution in [0, 0.1) is 0 Å². The van der Waals surface area contributed by atoms with Gasteiger partial charge in [0.1, 0.15) is 0 Å². The average molecular weight is 349 g/mol. The molecule has 0 atom stereocenters. The molecule has 0 aliphatic carbocycles. The fourth-order valence-corrected chi connectivity index (χ4v) is 3.40. The molecule has 3 aromatic heterocycles. The van der Waals surface area contributed by atoms with Crippen LogP contribution >= 0.6 is 11.8 Å². The number of fused-ring (bicyclic) bond motifs is 1. The molecular formula is C18H15N5OS. The summed E-state index contributed by atoms with van der Waals surface area (Å²) in [7, 11) is 1.94. The lowest BCUT2D eigenvalue weighted by molar-refractivity contribution is 0.102. The van der Waals surface area contributed by atoms with Crippen LogP contribution in [0.4, 0.5) is 5.69 Å². The van der Waals surface area contributed by atoms with Crippen molar-refractivity contribution in [1.29, 1.82) is 0 Å². The molecular weight excluding hydrogens is 334 g/mol. The third-order valence-electron chi connectivity index (χ3n) is 3.78. The molecule has 124 valence electrons. The van der Waals surface area contributed by atoms with Crippen molar-refractivity contribution in [2.24, 2.45) is 7.05 Å². The number of amides is 1. The van der Waals surface area contributed by atoms with Gasteiger partial charge in [0, 0.05) is 30.5 Å². The van der Waals surface area contributed by atoms with Crippen LogP contribution in [-0.4, -0.2) is 25.1 Å². The Morgan fingerprint density at radius 2 is 1.96 bits per heavy atom. The standard InChI is InChI=1S/C18H15N5OS/c1-22-11-9-19-18(22)25-16-8-3-2-6-14(16)21-17(24)13-12-20-23-10-5-4-7-15(13)23/h2-12H,1H3,(H,21,24). The van der Waals surface area contributed by atoms with Crippen molar-refractivity contribution in [3.05, 3.63) is 72.8 Å². The number of nitrogens with zero attached hydrogens (tertiary/aromatic N) is 4. The molecule has 0 unspecified atom stereocenters. The van der Waals surface area contributed by atoms with Gasteiger partial charge in [-0.1, -0.05) is 18.2 Å². The highest BCUT2D eigenvalue weighted by Gasteiger charge is 2.15. The van der Waals surface area contributed by atoms with Crippen molar-refractivity contribution >= 4 is 28.9 Å². The molecule has 0 spiro atoms. The number of anilines is 1. The largest absolute Gasteiger partial charge is 0.329 e. The third kappa shape index (κ3) is 3.01. The highest BCUT2D eigenvalue weighted by molar-refractivity contribution is 7.99. The topological polar surface area (TPSA) is 64.2 Å². The molecule has 0 fully saturated rings. The molecule has 7 heteroatoms. The maximum Gasteiger partial charge on any atom is 0.259 e. The van der Waals surface area contributed by atoms with Gasteiger partial charge in [-0.3, -0.25) is 4.79 Å². The van der Waals surface area contributed by atoms with Crippen LogP contribution < -0.4 is 5.32 Å². The second-order valence-corrected chi connectivity index (χ2v) is 6.47. The van der Waals surface area contributed by atoms with E-state index in [4.69, 9.17) is 0 Å². The summed E-state index contributed by atoms with van der Waals surface area (Å²) >= 11 is 1.51. The van der Waals surface area contributed by atoms with Crippen LogP contribution in [0.3, 0.4) is 0 Å². The van der Waals surface area contributed by atoms with Crippen molar-refractivity contribution in [3.8, 4) is 0 Å². The molecule has 25 heavy (non-hydrogen) atoms.